The largest absolute Gasteiger partial charge is 0.336 e. The van der Waals surface area contributed by atoms with E-state index in [2.05, 4.69) is 14.8 Å². The highest BCUT2D eigenvalue weighted by atomic mass is 32.1. The van der Waals surface area contributed by atoms with Crippen LogP contribution in [0.25, 0.3) is 0 Å². The van der Waals surface area contributed by atoms with Crippen LogP contribution in [0, 0.1) is 6.92 Å². The molecule has 2 aromatic rings. The number of aryl methyl sites for hydroxylation is 1. The molecule has 0 aromatic carbocycles. The van der Waals surface area contributed by atoms with Gasteiger partial charge in [-0.2, -0.15) is 9.47 Å². The zero-order chi connectivity index (χ0) is 15.7. The molecule has 0 bridgehead atoms. The van der Waals surface area contributed by atoms with Crippen molar-refractivity contribution in [2.75, 3.05) is 18.4 Å². The number of aromatic nitrogens is 3. The van der Waals surface area contributed by atoms with Crippen molar-refractivity contribution in [3.63, 3.8) is 0 Å². The van der Waals surface area contributed by atoms with Gasteiger partial charge in [0.1, 0.15) is 0 Å². The highest BCUT2D eigenvalue weighted by Gasteiger charge is 2.29. The Kier molecular flexibility index (Phi) is 3.93. The molecule has 0 radical (unpaired) electrons. The fraction of sp³-hybridized carbons (Fsp3) is 0.429. The lowest BCUT2D eigenvalue weighted by molar-refractivity contribution is -0.114. The molecule has 7 nitrogen and oxygen atoms in total. The second-order valence-electron chi connectivity index (χ2n) is 5.37. The first kappa shape index (κ1) is 14.7. The van der Waals surface area contributed by atoms with Crippen LogP contribution < -0.4 is 5.32 Å². The van der Waals surface area contributed by atoms with E-state index < -0.39 is 0 Å². The average Bonchev–Trinajstić information content (AvgIpc) is 3.16. The molecular weight excluding hydrogens is 302 g/mol. The maximum absolute atomic E-state index is 12.5. The SMILES string of the molecule is CC(=O)Nc1ccn([C@@H]2CCN(C(=O)c3csnc3C)C2)n1. The molecule has 2 amide bonds. The van der Waals surface area contributed by atoms with E-state index in [1.807, 2.05) is 22.7 Å². The molecule has 0 spiro atoms. The lowest BCUT2D eigenvalue weighted by Crippen LogP contribution is -2.29. The molecule has 1 aliphatic heterocycles. The summed E-state index contributed by atoms with van der Waals surface area (Å²) in [6, 6.07) is 1.90. The van der Waals surface area contributed by atoms with E-state index in [0.29, 0.717) is 24.5 Å². The molecule has 22 heavy (non-hydrogen) atoms. The Hall–Kier alpha value is -2.22. The molecule has 2 aromatic heterocycles. The third-order valence-corrected chi connectivity index (χ3v) is 4.44. The van der Waals surface area contributed by atoms with Crippen molar-refractivity contribution in [3.05, 3.63) is 28.9 Å². The highest BCUT2D eigenvalue weighted by Crippen LogP contribution is 2.24. The van der Waals surface area contributed by atoms with Crippen LogP contribution in [0.15, 0.2) is 17.6 Å². The predicted octanol–water partition coefficient (Wildman–Crippen LogP) is 1.69. The minimum atomic E-state index is -0.145. The van der Waals surface area contributed by atoms with Crippen molar-refractivity contribution in [2.24, 2.45) is 0 Å². The number of hydrogen-bond donors (Lipinski definition) is 1. The summed E-state index contributed by atoms with van der Waals surface area (Å²) in [6.45, 7) is 4.63. The molecule has 1 N–H and O–H groups in total. The molecule has 8 heteroatoms. The summed E-state index contributed by atoms with van der Waals surface area (Å²) in [5, 5.41) is 8.80. The van der Waals surface area contributed by atoms with Crippen LogP contribution in [0.1, 0.15) is 35.4 Å². The number of nitrogens with one attached hydrogen (secondary N) is 1. The van der Waals surface area contributed by atoms with Gasteiger partial charge in [-0.15, -0.1) is 0 Å². The van der Waals surface area contributed by atoms with Gasteiger partial charge in [0, 0.05) is 37.7 Å². The lowest BCUT2D eigenvalue weighted by atomic mass is 10.2. The summed E-state index contributed by atoms with van der Waals surface area (Å²) in [5.41, 5.74) is 1.47. The Morgan fingerprint density at radius 3 is 2.95 bits per heavy atom. The minimum Gasteiger partial charge on any atom is -0.336 e. The number of likely N-dealkylation sites (tertiary alicyclic amines) is 1. The standard InChI is InChI=1S/C14H17N5O2S/c1-9-12(8-22-17-9)14(21)18-5-3-11(7-18)19-6-4-13(16-19)15-10(2)20/h4,6,8,11H,3,5,7H2,1-2H3,(H,15,16,20)/t11-/m1/s1. The second-order valence-corrected chi connectivity index (χ2v) is 6.00. The van der Waals surface area contributed by atoms with E-state index in [-0.39, 0.29) is 17.9 Å². The number of anilines is 1. The Bertz CT molecular complexity index is 708. The van der Waals surface area contributed by atoms with E-state index >= 15 is 0 Å². The molecule has 0 saturated carbocycles. The van der Waals surface area contributed by atoms with Crippen LogP contribution in [0.2, 0.25) is 0 Å². The number of carbonyl (C=O) groups excluding carboxylic acids is 2. The van der Waals surface area contributed by atoms with Gasteiger partial charge in [-0.3, -0.25) is 14.3 Å². The molecule has 1 atom stereocenters. The van der Waals surface area contributed by atoms with Crippen LogP contribution in [0.5, 0.6) is 0 Å². The smallest absolute Gasteiger partial charge is 0.256 e. The molecule has 0 unspecified atom stereocenters. The topological polar surface area (TPSA) is 80.1 Å². The van der Waals surface area contributed by atoms with E-state index in [1.54, 1.807) is 11.4 Å². The fourth-order valence-electron chi connectivity index (χ4n) is 2.60. The second kappa shape index (κ2) is 5.88. The van der Waals surface area contributed by atoms with E-state index in [4.69, 9.17) is 0 Å². The highest BCUT2D eigenvalue weighted by molar-refractivity contribution is 7.03. The molecule has 0 aliphatic carbocycles. The first-order valence-corrected chi connectivity index (χ1v) is 7.91. The average molecular weight is 319 g/mol. The van der Waals surface area contributed by atoms with Gasteiger partial charge in [-0.1, -0.05) is 0 Å². The Balaban J connectivity index is 1.67. The van der Waals surface area contributed by atoms with Gasteiger partial charge in [0.15, 0.2) is 5.82 Å². The quantitative estimate of drug-likeness (QED) is 0.933. The van der Waals surface area contributed by atoms with Crippen LogP contribution >= 0.6 is 11.5 Å². The third kappa shape index (κ3) is 2.87. The van der Waals surface area contributed by atoms with Crippen LogP contribution in [-0.4, -0.2) is 44.0 Å². The van der Waals surface area contributed by atoms with Crippen molar-refractivity contribution in [1.29, 1.82) is 0 Å². The summed E-state index contributed by atoms with van der Waals surface area (Å²) in [4.78, 5) is 25.3. The summed E-state index contributed by atoms with van der Waals surface area (Å²) in [5.74, 6) is 0.423. The van der Waals surface area contributed by atoms with Crippen LogP contribution in [0.3, 0.4) is 0 Å². The zero-order valence-corrected chi connectivity index (χ0v) is 13.3. The van der Waals surface area contributed by atoms with Gasteiger partial charge in [0.25, 0.3) is 5.91 Å². The summed E-state index contributed by atoms with van der Waals surface area (Å²) in [6.07, 6.45) is 2.69. The van der Waals surface area contributed by atoms with Crippen molar-refractivity contribution in [1.82, 2.24) is 19.1 Å². The molecule has 1 fully saturated rings. The first-order valence-electron chi connectivity index (χ1n) is 7.07. The maximum atomic E-state index is 12.5. The van der Waals surface area contributed by atoms with Crippen molar-refractivity contribution in [2.45, 2.75) is 26.3 Å². The third-order valence-electron chi connectivity index (χ3n) is 3.72. The van der Waals surface area contributed by atoms with Crippen molar-refractivity contribution >= 4 is 29.2 Å². The number of hydrogen-bond acceptors (Lipinski definition) is 5. The fourth-order valence-corrected chi connectivity index (χ4v) is 3.28. The zero-order valence-electron chi connectivity index (χ0n) is 12.4. The summed E-state index contributed by atoms with van der Waals surface area (Å²) < 4.78 is 5.97. The molecular formula is C14H17N5O2S. The Labute approximate surface area is 132 Å². The van der Waals surface area contributed by atoms with Gasteiger partial charge in [0.2, 0.25) is 5.91 Å². The van der Waals surface area contributed by atoms with Gasteiger partial charge in [-0.05, 0) is 24.9 Å². The number of rotatable bonds is 3. The van der Waals surface area contributed by atoms with Gasteiger partial charge in [0.05, 0.1) is 17.3 Å². The Morgan fingerprint density at radius 2 is 2.27 bits per heavy atom. The molecule has 1 aliphatic rings. The molecule has 3 rings (SSSR count). The van der Waals surface area contributed by atoms with E-state index in [0.717, 1.165) is 12.1 Å². The first-order chi connectivity index (χ1) is 10.5. The number of amides is 2. The lowest BCUT2D eigenvalue weighted by Gasteiger charge is -2.16. The summed E-state index contributed by atoms with van der Waals surface area (Å²) >= 11 is 1.30. The van der Waals surface area contributed by atoms with E-state index in [1.165, 1.54) is 18.5 Å². The van der Waals surface area contributed by atoms with Gasteiger partial charge >= 0.3 is 0 Å². The van der Waals surface area contributed by atoms with Crippen LogP contribution in [0.4, 0.5) is 5.82 Å². The van der Waals surface area contributed by atoms with Crippen molar-refractivity contribution in [3.8, 4) is 0 Å². The summed E-state index contributed by atoms with van der Waals surface area (Å²) in [7, 11) is 0. The maximum Gasteiger partial charge on any atom is 0.256 e. The monoisotopic (exact) mass is 319 g/mol. The van der Waals surface area contributed by atoms with Crippen LogP contribution in [-0.2, 0) is 4.79 Å². The Morgan fingerprint density at radius 1 is 1.45 bits per heavy atom. The van der Waals surface area contributed by atoms with Gasteiger partial charge in [-0.25, -0.2) is 0 Å². The van der Waals surface area contributed by atoms with Crippen molar-refractivity contribution < 1.29 is 9.59 Å². The number of carbonyl (C=O) groups is 2. The normalized spacial score (nSPS) is 17.7. The molecule has 116 valence electrons. The number of nitrogens with zero attached hydrogens (tertiary/aromatic N) is 4. The van der Waals surface area contributed by atoms with Gasteiger partial charge < -0.3 is 10.2 Å². The minimum absolute atomic E-state index is 0.0305. The predicted molar refractivity (Wildman–Crippen MR) is 82.9 cm³/mol. The van der Waals surface area contributed by atoms with E-state index in [9.17, 15) is 9.59 Å². The molecule has 1 saturated heterocycles. The molecule has 3 heterocycles.